The normalized spacial score (nSPS) is 11.9. The lowest BCUT2D eigenvalue weighted by Crippen LogP contribution is -2.33. The monoisotopic (exact) mass is 465 g/mol. The van der Waals surface area contributed by atoms with Crippen molar-refractivity contribution < 1.29 is 26.4 Å². The van der Waals surface area contributed by atoms with Gasteiger partial charge in [0, 0.05) is 30.4 Å². The van der Waals surface area contributed by atoms with Crippen molar-refractivity contribution in [3.8, 4) is 5.69 Å². The van der Waals surface area contributed by atoms with Gasteiger partial charge in [0.15, 0.2) is 14.9 Å². The third-order valence-electron chi connectivity index (χ3n) is 4.58. The van der Waals surface area contributed by atoms with Crippen molar-refractivity contribution in [3.63, 3.8) is 0 Å². The van der Waals surface area contributed by atoms with Gasteiger partial charge in [-0.05, 0) is 48.9 Å². The van der Waals surface area contributed by atoms with E-state index in [9.17, 15) is 31.2 Å². The minimum atomic E-state index is -4.58. The minimum Gasteiger partial charge on any atom is -0.348 e. The summed E-state index contributed by atoms with van der Waals surface area (Å²) in [4.78, 5) is 29.3. The molecular formula is C21H18F3N3O4S. The molecule has 0 atom stereocenters. The molecule has 7 nitrogen and oxygen atoms in total. The van der Waals surface area contributed by atoms with Crippen molar-refractivity contribution in [1.82, 2.24) is 14.9 Å². The summed E-state index contributed by atoms with van der Waals surface area (Å²) in [6, 6.07) is 9.78. The number of aryl methyl sites for hydroxylation is 1. The second-order valence-corrected chi connectivity index (χ2v) is 9.00. The van der Waals surface area contributed by atoms with Gasteiger partial charge < -0.3 is 5.32 Å². The molecule has 1 aromatic carbocycles. The van der Waals surface area contributed by atoms with E-state index in [1.807, 2.05) is 0 Å². The summed E-state index contributed by atoms with van der Waals surface area (Å²) in [5.74, 6) is -0.733. The molecule has 2 heterocycles. The Hall–Kier alpha value is -3.47. The Morgan fingerprint density at radius 1 is 1.12 bits per heavy atom. The molecule has 0 aliphatic rings. The van der Waals surface area contributed by atoms with Crippen LogP contribution in [-0.4, -0.2) is 30.1 Å². The fraction of sp³-hybridized carbons (Fsp3) is 0.190. The summed E-state index contributed by atoms with van der Waals surface area (Å²) in [7, 11) is -3.46. The van der Waals surface area contributed by atoms with E-state index in [0.29, 0.717) is 11.3 Å². The maximum atomic E-state index is 13.1. The van der Waals surface area contributed by atoms with Gasteiger partial charge in [-0.1, -0.05) is 12.1 Å². The van der Waals surface area contributed by atoms with E-state index in [0.717, 1.165) is 23.0 Å². The molecule has 0 saturated carbocycles. The molecule has 11 heteroatoms. The van der Waals surface area contributed by atoms with Crippen LogP contribution in [0.5, 0.6) is 0 Å². The van der Waals surface area contributed by atoms with Crippen LogP contribution < -0.4 is 10.9 Å². The van der Waals surface area contributed by atoms with Crippen molar-refractivity contribution in [3.05, 3.63) is 87.5 Å². The van der Waals surface area contributed by atoms with Crippen LogP contribution in [0.1, 0.15) is 27.2 Å². The molecule has 32 heavy (non-hydrogen) atoms. The summed E-state index contributed by atoms with van der Waals surface area (Å²) in [5, 5.41) is 2.41. The van der Waals surface area contributed by atoms with Crippen LogP contribution in [0.25, 0.3) is 5.69 Å². The highest BCUT2D eigenvalue weighted by Crippen LogP contribution is 2.30. The molecule has 0 bridgehead atoms. The molecule has 3 rings (SSSR count). The van der Waals surface area contributed by atoms with E-state index >= 15 is 0 Å². The Labute approximate surface area is 181 Å². The van der Waals surface area contributed by atoms with Crippen LogP contribution in [0.4, 0.5) is 13.2 Å². The number of nitrogens with one attached hydrogen (secondary N) is 1. The van der Waals surface area contributed by atoms with Crippen LogP contribution in [0.15, 0.2) is 64.5 Å². The maximum Gasteiger partial charge on any atom is 0.416 e. The van der Waals surface area contributed by atoms with E-state index in [1.165, 1.54) is 42.6 Å². The highest BCUT2D eigenvalue weighted by Gasteiger charge is 2.30. The Morgan fingerprint density at radius 3 is 2.44 bits per heavy atom. The first-order valence-corrected chi connectivity index (χ1v) is 11.1. The first-order valence-electron chi connectivity index (χ1n) is 9.21. The number of nitrogens with zero attached hydrogens (tertiary/aromatic N) is 2. The van der Waals surface area contributed by atoms with E-state index in [1.54, 1.807) is 6.92 Å². The summed E-state index contributed by atoms with van der Waals surface area (Å²) < 4.78 is 63.1. The molecule has 0 radical (unpaired) electrons. The van der Waals surface area contributed by atoms with Gasteiger partial charge in [-0.3, -0.25) is 14.2 Å². The van der Waals surface area contributed by atoms with E-state index in [-0.39, 0.29) is 22.8 Å². The average molecular weight is 465 g/mol. The van der Waals surface area contributed by atoms with Crippen molar-refractivity contribution in [1.29, 1.82) is 0 Å². The molecule has 3 aromatic rings. The zero-order valence-corrected chi connectivity index (χ0v) is 17.8. The highest BCUT2D eigenvalue weighted by atomic mass is 32.2. The standard InChI is InChI=1S/C21H18F3N3O4S/c1-13-6-8-17(19(28)26-12-14-7-9-18(25-11-14)32(2,30)31)20(29)27(13)16-5-3-4-15(10-16)21(22,23)24/h3-11H,12H2,1-2H3,(H,26,28). The van der Waals surface area contributed by atoms with Crippen LogP contribution in [0.3, 0.4) is 0 Å². The molecule has 0 aliphatic carbocycles. The molecule has 0 aliphatic heterocycles. The molecule has 1 N–H and O–H groups in total. The third-order valence-corrected chi connectivity index (χ3v) is 5.59. The van der Waals surface area contributed by atoms with Gasteiger partial charge in [-0.25, -0.2) is 13.4 Å². The predicted molar refractivity (Wildman–Crippen MR) is 110 cm³/mol. The van der Waals surface area contributed by atoms with Crippen molar-refractivity contribution in [2.24, 2.45) is 0 Å². The van der Waals surface area contributed by atoms with Gasteiger partial charge in [0.2, 0.25) is 0 Å². The smallest absolute Gasteiger partial charge is 0.348 e. The third kappa shape index (κ3) is 5.05. The number of aromatic nitrogens is 2. The van der Waals surface area contributed by atoms with Crippen LogP contribution in [0.2, 0.25) is 0 Å². The summed E-state index contributed by atoms with van der Waals surface area (Å²) in [6.45, 7) is 1.51. The number of halogens is 3. The fourth-order valence-electron chi connectivity index (χ4n) is 2.96. The Morgan fingerprint density at radius 2 is 1.84 bits per heavy atom. The van der Waals surface area contributed by atoms with Crippen LogP contribution >= 0.6 is 0 Å². The first kappa shape index (κ1) is 23.2. The summed E-state index contributed by atoms with van der Waals surface area (Å²) in [5.41, 5.74) is -1.11. The average Bonchev–Trinajstić information content (AvgIpc) is 2.71. The number of pyridine rings is 2. The lowest BCUT2D eigenvalue weighted by atomic mass is 10.1. The van der Waals surface area contributed by atoms with Gasteiger partial charge in [0.1, 0.15) is 5.56 Å². The number of amides is 1. The van der Waals surface area contributed by atoms with Crippen molar-refractivity contribution in [2.75, 3.05) is 6.26 Å². The number of carbonyl (C=O) groups is 1. The quantitative estimate of drug-likeness (QED) is 0.625. The van der Waals surface area contributed by atoms with Crippen LogP contribution in [0, 0.1) is 6.92 Å². The largest absolute Gasteiger partial charge is 0.416 e. The van der Waals surface area contributed by atoms with Gasteiger partial charge in [-0.15, -0.1) is 0 Å². The molecule has 0 unspecified atom stereocenters. The maximum absolute atomic E-state index is 13.1. The molecule has 1 amide bonds. The molecule has 2 aromatic heterocycles. The topological polar surface area (TPSA) is 98.1 Å². The van der Waals surface area contributed by atoms with Gasteiger partial charge in [0.25, 0.3) is 11.5 Å². The Kier molecular flexibility index (Phi) is 6.22. The fourth-order valence-corrected chi connectivity index (χ4v) is 3.52. The zero-order chi connectivity index (χ0) is 23.7. The van der Waals surface area contributed by atoms with E-state index < -0.39 is 33.0 Å². The van der Waals surface area contributed by atoms with Gasteiger partial charge in [-0.2, -0.15) is 13.2 Å². The Balaban J connectivity index is 1.87. The van der Waals surface area contributed by atoms with Crippen LogP contribution in [-0.2, 0) is 22.6 Å². The minimum absolute atomic E-state index is 0.0162. The molecule has 0 fully saturated rings. The number of rotatable bonds is 5. The Bertz CT molecular complexity index is 1330. The number of carbonyl (C=O) groups excluding carboxylic acids is 1. The van der Waals surface area contributed by atoms with E-state index in [4.69, 9.17) is 0 Å². The summed E-state index contributed by atoms with van der Waals surface area (Å²) in [6.07, 6.45) is -2.28. The first-order chi connectivity index (χ1) is 14.9. The zero-order valence-electron chi connectivity index (χ0n) is 17.0. The second-order valence-electron chi connectivity index (χ2n) is 7.04. The second kappa shape index (κ2) is 8.58. The van der Waals surface area contributed by atoms with Crippen molar-refractivity contribution in [2.45, 2.75) is 24.7 Å². The SMILES string of the molecule is Cc1ccc(C(=O)NCc2ccc(S(C)(=O)=O)nc2)c(=O)n1-c1cccc(C(F)(F)F)c1. The number of hydrogen-bond donors (Lipinski definition) is 1. The number of alkyl halides is 3. The molecular weight excluding hydrogens is 447 g/mol. The predicted octanol–water partition coefficient (Wildman–Crippen LogP) is 2.89. The number of hydrogen-bond acceptors (Lipinski definition) is 5. The van der Waals surface area contributed by atoms with Gasteiger partial charge in [0.05, 0.1) is 5.56 Å². The molecule has 0 saturated heterocycles. The lowest BCUT2D eigenvalue weighted by molar-refractivity contribution is -0.137. The lowest BCUT2D eigenvalue weighted by Gasteiger charge is -2.14. The molecule has 168 valence electrons. The highest BCUT2D eigenvalue weighted by molar-refractivity contribution is 7.90. The summed E-state index contributed by atoms with van der Waals surface area (Å²) >= 11 is 0. The number of benzene rings is 1. The molecule has 0 spiro atoms. The number of sulfone groups is 1. The van der Waals surface area contributed by atoms with Gasteiger partial charge >= 0.3 is 6.18 Å². The van der Waals surface area contributed by atoms with E-state index in [2.05, 4.69) is 10.3 Å². The van der Waals surface area contributed by atoms with Crippen molar-refractivity contribution >= 4 is 15.7 Å².